The highest BCUT2D eigenvalue weighted by atomic mass is 16.7. The second-order valence-corrected chi connectivity index (χ2v) is 4.36. The van der Waals surface area contributed by atoms with Crippen molar-refractivity contribution < 1.29 is 14.4 Å². The average Bonchev–Trinajstić information content (AvgIpc) is 2.52. The lowest BCUT2D eigenvalue weighted by molar-refractivity contribution is -0.146. The fraction of sp³-hybridized carbons (Fsp3) is 0.133. The highest BCUT2D eigenvalue weighted by molar-refractivity contribution is 5.93. The first kappa shape index (κ1) is 14.7. The molecule has 3 N–H and O–H groups in total. The second-order valence-electron chi connectivity index (χ2n) is 4.36. The lowest BCUT2D eigenvalue weighted by atomic mass is 10.0. The van der Waals surface area contributed by atoms with Crippen molar-refractivity contribution in [3.8, 4) is 11.1 Å². The summed E-state index contributed by atoms with van der Waals surface area (Å²) in [6, 6.07) is 11.1. The molecule has 0 fully saturated rings. The molecule has 0 atom stereocenters. The minimum Gasteiger partial charge on any atom is -0.341 e. The Morgan fingerprint density at radius 1 is 1.19 bits per heavy atom. The molecule has 0 aliphatic heterocycles. The summed E-state index contributed by atoms with van der Waals surface area (Å²) in [6.07, 6.45) is 1.52. The molecule has 0 aliphatic rings. The molecule has 108 valence electrons. The van der Waals surface area contributed by atoms with Gasteiger partial charge in [0.15, 0.2) is 0 Å². The Kier molecular flexibility index (Phi) is 4.63. The molecular weight excluding hydrogens is 270 g/mol. The number of hydrogen-bond donors (Lipinski definition) is 2. The maximum atomic E-state index is 11.8. The Hall–Kier alpha value is -2.73. The summed E-state index contributed by atoms with van der Waals surface area (Å²) in [7, 11) is 0. The van der Waals surface area contributed by atoms with E-state index in [0.717, 1.165) is 16.7 Å². The number of nitrogens with two attached hydrogens (primary N) is 1. The number of hydroxylamine groups is 1. The summed E-state index contributed by atoms with van der Waals surface area (Å²) in [4.78, 5) is 30.8. The third-order valence-electron chi connectivity index (χ3n) is 2.80. The fourth-order valence-corrected chi connectivity index (χ4v) is 1.74. The van der Waals surface area contributed by atoms with E-state index in [4.69, 9.17) is 5.73 Å². The van der Waals surface area contributed by atoms with Crippen LogP contribution in [0.25, 0.3) is 11.1 Å². The van der Waals surface area contributed by atoms with Crippen molar-refractivity contribution in [1.29, 1.82) is 0 Å². The first-order chi connectivity index (χ1) is 10.1. The predicted molar refractivity (Wildman–Crippen MR) is 76.8 cm³/mol. The molecule has 0 unspecified atom stereocenters. The highest BCUT2D eigenvalue weighted by Gasteiger charge is 2.10. The summed E-state index contributed by atoms with van der Waals surface area (Å²) >= 11 is 0. The molecule has 2 aromatic rings. The normalized spacial score (nSPS) is 10.0. The predicted octanol–water partition coefficient (Wildman–Crippen LogP) is 1.42. The van der Waals surface area contributed by atoms with Crippen molar-refractivity contribution >= 4 is 11.9 Å². The molecule has 0 bridgehead atoms. The van der Waals surface area contributed by atoms with Gasteiger partial charge >= 0.3 is 11.9 Å². The van der Waals surface area contributed by atoms with Gasteiger partial charge in [-0.05, 0) is 28.8 Å². The molecule has 6 nitrogen and oxygen atoms in total. The second kappa shape index (κ2) is 6.62. The van der Waals surface area contributed by atoms with Gasteiger partial charge in [0.25, 0.3) is 0 Å². The lowest BCUT2D eigenvalue weighted by Gasteiger charge is -2.06. The Balaban J connectivity index is 2.20. The number of pyridine rings is 1. The number of amides is 1. The standard InChI is InChI=1S/C15H15N3O3/c1-10(19)21-18-15(20)14-8-13(6-7-17-14)12-4-2-11(9-16)3-5-12/h2-8H,9,16H2,1H3,(H,18,20). The number of carbonyl (C=O) groups excluding carboxylic acids is 2. The largest absolute Gasteiger partial charge is 0.341 e. The molecule has 21 heavy (non-hydrogen) atoms. The van der Waals surface area contributed by atoms with Crippen LogP contribution < -0.4 is 11.2 Å². The van der Waals surface area contributed by atoms with E-state index in [0.29, 0.717) is 6.54 Å². The van der Waals surface area contributed by atoms with Crippen LogP contribution in [-0.2, 0) is 16.2 Å². The number of carbonyl (C=O) groups is 2. The maximum absolute atomic E-state index is 11.8. The van der Waals surface area contributed by atoms with Gasteiger partial charge in [0.1, 0.15) is 5.69 Å². The summed E-state index contributed by atoms with van der Waals surface area (Å²) in [6.45, 7) is 1.68. The van der Waals surface area contributed by atoms with Gasteiger partial charge < -0.3 is 10.6 Å². The Morgan fingerprint density at radius 2 is 1.90 bits per heavy atom. The van der Waals surface area contributed by atoms with Gasteiger partial charge in [0.05, 0.1) is 0 Å². The molecule has 0 saturated heterocycles. The lowest BCUT2D eigenvalue weighted by Crippen LogP contribution is -2.26. The number of benzene rings is 1. The minimum atomic E-state index is -0.600. The van der Waals surface area contributed by atoms with Gasteiger partial charge in [-0.2, -0.15) is 5.48 Å². The van der Waals surface area contributed by atoms with Gasteiger partial charge in [-0.3, -0.25) is 14.6 Å². The molecule has 1 aromatic carbocycles. The van der Waals surface area contributed by atoms with Gasteiger partial charge in [0, 0.05) is 19.7 Å². The van der Waals surface area contributed by atoms with Crippen LogP contribution in [0.4, 0.5) is 0 Å². The molecule has 6 heteroatoms. The van der Waals surface area contributed by atoms with Crippen molar-refractivity contribution in [3.63, 3.8) is 0 Å². The van der Waals surface area contributed by atoms with Crippen LogP contribution in [-0.4, -0.2) is 16.9 Å². The third-order valence-corrected chi connectivity index (χ3v) is 2.80. The number of hydrogen-bond acceptors (Lipinski definition) is 5. The van der Waals surface area contributed by atoms with E-state index >= 15 is 0 Å². The maximum Gasteiger partial charge on any atom is 0.329 e. The summed E-state index contributed by atoms with van der Waals surface area (Å²) in [5, 5.41) is 0. The van der Waals surface area contributed by atoms with Crippen molar-refractivity contribution in [2.75, 3.05) is 0 Å². The monoisotopic (exact) mass is 285 g/mol. The summed E-state index contributed by atoms with van der Waals surface area (Å²) < 4.78 is 0. The molecule has 1 amide bonds. The molecule has 2 rings (SSSR count). The van der Waals surface area contributed by atoms with E-state index in [-0.39, 0.29) is 5.69 Å². The first-order valence-corrected chi connectivity index (χ1v) is 6.33. The van der Waals surface area contributed by atoms with Crippen LogP contribution >= 0.6 is 0 Å². The van der Waals surface area contributed by atoms with Crippen LogP contribution in [0, 0.1) is 0 Å². The van der Waals surface area contributed by atoms with Crippen molar-refractivity contribution in [2.24, 2.45) is 5.73 Å². The van der Waals surface area contributed by atoms with Crippen molar-refractivity contribution in [2.45, 2.75) is 13.5 Å². The molecule has 0 spiro atoms. The van der Waals surface area contributed by atoms with E-state index in [2.05, 4.69) is 9.82 Å². The Bertz CT molecular complexity index is 653. The topological polar surface area (TPSA) is 94.3 Å². The Labute approximate surface area is 121 Å². The molecule has 1 heterocycles. The van der Waals surface area contributed by atoms with Crippen LogP contribution in [0.1, 0.15) is 23.0 Å². The molecule has 1 aromatic heterocycles. The minimum absolute atomic E-state index is 0.164. The van der Waals surface area contributed by atoms with Crippen LogP contribution in [0.2, 0.25) is 0 Å². The molecule has 0 radical (unpaired) electrons. The van der Waals surface area contributed by atoms with Crippen LogP contribution in [0.3, 0.4) is 0 Å². The van der Waals surface area contributed by atoms with Gasteiger partial charge in [-0.25, -0.2) is 0 Å². The quantitative estimate of drug-likeness (QED) is 0.832. The van der Waals surface area contributed by atoms with Gasteiger partial charge in [0.2, 0.25) is 0 Å². The number of aromatic nitrogens is 1. The Morgan fingerprint density at radius 3 is 2.52 bits per heavy atom. The van der Waals surface area contributed by atoms with Crippen LogP contribution in [0.15, 0.2) is 42.6 Å². The van der Waals surface area contributed by atoms with E-state index in [1.165, 1.54) is 13.1 Å². The highest BCUT2D eigenvalue weighted by Crippen LogP contribution is 2.20. The van der Waals surface area contributed by atoms with Crippen molar-refractivity contribution in [3.05, 3.63) is 53.9 Å². The SMILES string of the molecule is CC(=O)ONC(=O)c1cc(-c2ccc(CN)cc2)ccn1. The zero-order chi connectivity index (χ0) is 15.2. The number of rotatable bonds is 3. The van der Waals surface area contributed by atoms with E-state index in [9.17, 15) is 9.59 Å². The van der Waals surface area contributed by atoms with Gasteiger partial charge in [-0.1, -0.05) is 24.3 Å². The molecular formula is C15H15N3O3. The molecule has 0 saturated carbocycles. The van der Waals surface area contributed by atoms with E-state index < -0.39 is 11.9 Å². The van der Waals surface area contributed by atoms with Gasteiger partial charge in [-0.15, -0.1) is 0 Å². The summed E-state index contributed by atoms with van der Waals surface area (Å²) in [5.74, 6) is -1.18. The van der Waals surface area contributed by atoms with Crippen LogP contribution in [0.5, 0.6) is 0 Å². The average molecular weight is 285 g/mol. The third kappa shape index (κ3) is 3.87. The molecule has 0 aliphatic carbocycles. The number of nitrogens with one attached hydrogen (secondary N) is 1. The zero-order valence-electron chi connectivity index (χ0n) is 11.5. The number of nitrogens with zero attached hydrogens (tertiary/aromatic N) is 1. The van der Waals surface area contributed by atoms with Crippen molar-refractivity contribution in [1.82, 2.24) is 10.5 Å². The van der Waals surface area contributed by atoms with E-state index in [1.54, 1.807) is 12.1 Å². The zero-order valence-corrected chi connectivity index (χ0v) is 11.5. The van der Waals surface area contributed by atoms with E-state index in [1.807, 2.05) is 29.7 Å². The first-order valence-electron chi connectivity index (χ1n) is 6.33. The smallest absolute Gasteiger partial charge is 0.329 e. The summed E-state index contributed by atoms with van der Waals surface area (Å²) in [5.41, 5.74) is 10.6. The fourth-order valence-electron chi connectivity index (χ4n) is 1.74.